The molecule has 2 N–H and O–H groups in total. The van der Waals surface area contributed by atoms with Gasteiger partial charge in [-0.3, -0.25) is 9.59 Å². The Balaban J connectivity index is 2.89. The number of primary amides is 1. The third kappa shape index (κ3) is 2.56. The zero-order valence-corrected chi connectivity index (χ0v) is 9.38. The fourth-order valence-corrected chi connectivity index (χ4v) is 1.56. The van der Waals surface area contributed by atoms with Gasteiger partial charge in [-0.05, 0) is 17.7 Å². The van der Waals surface area contributed by atoms with E-state index in [1.165, 1.54) is 0 Å². The highest BCUT2D eigenvalue weighted by atomic mass is 79.9. The Kier molecular flexibility index (Phi) is 3.66. The van der Waals surface area contributed by atoms with Gasteiger partial charge >= 0.3 is 0 Å². The summed E-state index contributed by atoms with van der Waals surface area (Å²) in [7, 11) is 0. The predicted molar refractivity (Wildman–Crippen MR) is 57.3 cm³/mol. The van der Waals surface area contributed by atoms with Crippen LogP contribution in [0, 0.1) is 0 Å². The van der Waals surface area contributed by atoms with Crippen molar-refractivity contribution in [3.8, 4) is 0 Å². The van der Waals surface area contributed by atoms with Crippen molar-refractivity contribution in [2.75, 3.05) is 0 Å². The van der Waals surface area contributed by atoms with E-state index in [1.54, 1.807) is 24.3 Å². The summed E-state index contributed by atoms with van der Waals surface area (Å²) in [6, 6.07) is 6.59. The Morgan fingerprint density at radius 3 is 2.21 bits per heavy atom. The van der Waals surface area contributed by atoms with Crippen LogP contribution in [0.15, 0.2) is 24.3 Å². The van der Waals surface area contributed by atoms with Gasteiger partial charge in [-0.25, -0.2) is 0 Å². The number of carbonyl (C=O) groups excluding carboxylic acids is 2. The Hall–Kier alpha value is -0.870. The lowest BCUT2D eigenvalue weighted by Crippen LogP contribution is -2.26. The first-order valence-electron chi connectivity index (χ1n) is 3.75. The molecule has 0 heterocycles. The van der Waals surface area contributed by atoms with E-state index in [0.717, 1.165) is 0 Å². The minimum atomic E-state index is -0.957. The summed E-state index contributed by atoms with van der Waals surface area (Å²) >= 11 is 8.75. The van der Waals surface area contributed by atoms with Gasteiger partial charge in [0.2, 0.25) is 5.78 Å². The first-order valence-corrected chi connectivity index (χ1v) is 5.05. The summed E-state index contributed by atoms with van der Waals surface area (Å²) in [5.74, 6) is -1.63. The number of Topliss-reactive ketones (excluding diaryl/α,β-unsaturated/α-hetero) is 1. The number of nitrogens with two attached hydrogens (primary N) is 1. The van der Waals surface area contributed by atoms with Gasteiger partial charge in [0.1, 0.15) is 4.83 Å². The largest absolute Gasteiger partial charge is 0.363 e. The van der Waals surface area contributed by atoms with E-state index >= 15 is 0 Å². The molecule has 1 unspecified atom stereocenters. The van der Waals surface area contributed by atoms with Crippen molar-refractivity contribution >= 4 is 39.2 Å². The van der Waals surface area contributed by atoms with Crippen LogP contribution in [0.25, 0.3) is 0 Å². The maximum Gasteiger partial charge on any atom is 0.286 e. The maximum absolute atomic E-state index is 11.2. The highest BCUT2D eigenvalue weighted by Gasteiger charge is 2.21. The molecule has 0 spiro atoms. The molecule has 1 amide bonds. The van der Waals surface area contributed by atoms with E-state index in [0.29, 0.717) is 10.6 Å². The number of alkyl halides is 1. The number of carbonyl (C=O) groups is 2. The molecule has 0 bridgehead atoms. The molecule has 0 aliphatic heterocycles. The van der Waals surface area contributed by atoms with Gasteiger partial charge in [0.05, 0.1) is 0 Å². The molecule has 0 aliphatic rings. The monoisotopic (exact) mass is 275 g/mol. The molecule has 0 saturated heterocycles. The molecular formula is C9H7BrClNO2. The summed E-state index contributed by atoms with van der Waals surface area (Å²) in [5.41, 5.74) is 5.51. The third-order valence-corrected chi connectivity index (χ3v) is 2.83. The van der Waals surface area contributed by atoms with Gasteiger partial charge in [-0.1, -0.05) is 39.7 Å². The second-order valence-electron chi connectivity index (χ2n) is 2.64. The Labute approximate surface area is 94.4 Å². The first-order chi connectivity index (χ1) is 6.52. The van der Waals surface area contributed by atoms with E-state index in [1.807, 2.05) is 0 Å². The van der Waals surface area contributed by atoms with Gasteiger partial charge in [-0.2, -0.15) is 0 Å². The summed E-state index contributed by atoms with van der Waals surface area (Å²) in [6.45, 7) is 0. The maximum atomic E-state index is 11.2. The standard InChI is InChI=1S/C9H7BrClNO2/c10-7(8(13)9(12)14)5-1-3-6(11)4-2-5/h1-4,7H,(H2,12,14). The lowest BCUT2D eigenvalue weighted by atomic mass is 10.1. The minimum absolute atomic E-state index is 0.569. The topological polar surface area (TPSA) is 60.2 Å². The number of halogens is 2. The number of rotatable bonds is 3. The van der Waals surface area contributed by atoms with Gasteiger partial charge in [-0.15, -0.1) is 0 Å². The van der Waals surface area contributed by atoms with Crippen molar-refractivity contribution in [3.05, 3.63) is 34.9 Å². The van der Waals surface area contributed by atoms with Crippen LogP contribution < -0.4 is 5.73 Å². The molecule has 1 rings (SSSR count). The lowest BCUT2D eigenvalue weighted by Gasteiger charge is -2.06. The molecule has 14 heavy (non-hydrogen) atoms. The second-order valence-corrected chi connectivity index (χ2v) is 3.99. The van der Waals surface area contributed by atoms with E-state index in [9.17, 15) is 9.59 Å². The summed E-state index contributed by atoms with van der Waals surface area (Å²) < 4.78 is 0. The quantitative estimate of drug-likeness (QED) is 0.676. The van der Waals surface area contributed by atoms with E-state index in [2.05, 4.69) is 15.9 Å². The van der Waals surface area contributed by atoms with Gasteiger partial charge < -0.3 is 5.73 Å². The molecule has 3 nitrogen and oxygen atoms in total. The highest BCUT2D eigenvalue weighted by Crippen LogP contribution is 2.24. The van der Waals surface area contributed by atoms with Crippen molar-refractivity contribution < 1.29 is 9.59 Å². The summed E-state index contributed by atoms with van der Waals surface area (Å²) in [6.07, 6.45) is 0. The van der Waals surface area contributed by atoms with Crippen LogP contribution in [-0.4, -0.2) is 11.7 Å². The third-order valence-electron chi connectivity index (χ3n) is 1.64. The fourth-order valence-electron chi connectivity index (χ4n) is 0.908. The number of hydrogen-bond donors (Lipinski definition) is 1. The second kappa shape index (κ2) is 4.57. The molecule has 0 aromatic heterocycles. The SMILES string of the molecule is NC(=O)C(=O)C(Br)c1ccc(Cl)cc1. The van der Waals surface area contributed by atoms with Gasteiger partial charge in [0, 0.05) is 5.02 Å². The Morgan fingerprint density at radius 1 is 1.29 bits per heavy atom. The molecular weight excluding hydrogens is 269 g/mol. The van der Waals surface area contributed by atoms with E-state index in [4.69, 9.17) is 17.3 Å². The average Bonchev–Trinajstić information content (AvgIpc) is 2.16. The van der Waals surface area contributed by atoms with Crippen LogP contribution in [0.4, 0.5) is 0 Å². The summed E-state index contributed by atoms with van der Waals surface area (Å²) in [4.78, 5) is 21.1. The van der Waals surface area contributed by atoms with Crippen LogP contribution in [0.2, 0.25) is 5.02 Å². The van der Waals surface area contributed by atoms with Crippen molar-refractivity contribution in [1.29, 1.82) is 0 Å². The first kappa shape index (κ1) is 11.2. The number of hydrogen-bond acceptors (Lipinski definition) is 2. The predicted octanol–water partition coefficient (Wildman–Crippen LogP) is 1.83. The highest BCUT2D eigenvalue weighted by molar-refractivity contribution is 9.09. The van der Waals surface area contributed by atoms with Gasteiger partial charge in [0.15, 0.2) is 0 Å². The van der Waals surface area contributed by atoms with Crippen LogP contribution in [0.3, 0.4) is 0 Å². The smallest absolute Gasteiger partial charge is 0.286 e. The van der Waals surface area contributed by atoms with Crippen LogP contribution in [0.1, 0.15) is 10.4 Å². The molecule has 0 aliphatic carbocycles. The number of ketones is 1. The Morgan fingerprint density at radius 2 is 1.79 bits per heavy atom. The van der Waals surface area contributed by atoms with Crippen molar-refractivity contribution in [1.82, 2.24) is 0 Å². The molecule has 0 saturated carbocycles. The van der Waals surface area contributed by atoms with Crippen molar-refractivity contribution in [2.24, 2.45) is 5.73 Å². The molecule has 0 fully saturated rings. The van der Waals surface area contributed by atoms with Crippen LogP contribution >= 0.6 is 27.5 Å². The lowest BCUT2D eigenvalue weighted by molar-refractivity contribution is -0.135. The molecule has 74 valence electrons. The van der Waals surface area contributed by atoms with Crippen LogP contribution in [-0.2, 0) is 9.59 Å². The summed E-state index contributed by atoms with van der Waals surface area (Å²) in [5, 5.41) is 0.569. The molecule has 1 atom stereocenters. The number of benzene rings is 1. The fraction of sp³-hybridized carbons (Fsp3) is 0.111. The molecule has 1 aromatic carbocycles. The average molecular weight is 277 g/mol. The normalized spacial score (nSPS) is 12.1. The van der Waals surface area contributed by atoms with E-state index in [-0.39, 0.29) is 0 Å². The van der Waals surface area contributed by atoms with Crippen molar-refractivity contribution in [2.45, 2.75) is 4.83 Å². The zero-order chi connectivity index (χ0) is 10.7. The van der Waals surface area contributed by atoms with E-state index < -0.39 is 16.5 Å². The van der Waals surface area contributed by atoms with Crippen LogP contribution in [0.5, 0.6) is 0 Å². The minimum Gasteiger partial charge on any atom is -0.363 e. The molecule has 5 heteroatoms. The number of amides is 1. The van der Waals surface area contributed by atoms with Gasteiger partial charge in [0.25, 0.3) is 5.91 Å². The zero-order valence-electron chi connectivity index (χ0n) is 7.04. The molecule has 1 aromatic rings. The Bertz CT molecular complexity index is 364. The molecule has 0 radical (unpaired) electrons. The van der Waals surface area contributed by atoms with Crippen molar-refractivity contribution in [3.63, 3.8) is 0 Å².